The van der Waals surface area contributed by atoms with Crippen LogP contribution in [0.25, 0.3) is 0 Å². The Bertz CT molecular complexity index is 535. The second-order valence-corrected chi connectivity index (χ2v) is 4.42. The number of primary amides is 2. The van der Waals surface area contributed by atoms with E-state index in [0.717, 1.165) is 4.90 Å². The number of nitrogen functional groups attached to an aromatic ring is 1. The predicted molar refractivity (Wildman–Crippen MR) is 71.1 cm³/mol. The summed E-state index contributed by atoms with van der Waals surface area (Å²) in [6.45, 7) is 2.53. The lowest BCUT2D eigenvalue weighted by molar-refractivity contribution is -0.138. The molecule has 6 N–H and O–H groups in total. The average Bonchev–Trinajstić information content (AvgIpc) is 2.55. The zero-order chi connectivity index (χ0) is 15.4. The molecule has 1 aromatic rings. The van der Waals surface area contributed by atoms with Gasteiger partial charge in [-0.25, -0.2) is 0 Å². The normalized spacial score (nSPS) is 10.3. The van der Waals surface area contributed by atoms with E-state index in [2.05, 4.69) is 5.10 Å². The third-order valence-electron chi connectivity index (χ3n) is 2.77. The standard InChI is InChI=1S/C11H18N6O3/c1-6-11(14)7(2)17(15-6)5-10(20)16(3-8(12)18)4-9(13)19/h3-5,14H2,1-2H3,(H2,12,18)(H2,13,19). The molecule has 110 valence electrons. The van der Waals surface area contributed by atoms with Gasteiger partial charge in [-0.05, 0) is 13.8 Å². The van der Waals surface area contributed by atoms with Crippen LogP contribution >= 0.6 is 0 Å². The van der Waals surface area contributed by atoms with Crippen molar-refractivity contribution in [1.82, 2.24) is 14.7 Å². The molecule has 1 aromatic heterocycles. The molecule has 0 bridgehead atoms. The highest BCUT2D eigenvalue weighted by Crippen LogP contribution is 2.14. The highest BCUT2D eigenvalue weighted by molar-refractivity contribution is 5.88. The van der Waals surface area contributed by atoms with Crippen molar-refractivity contribution < 1.29 is 14.4 Å². The molecule has 1 rings (SSSR count). The van der Waals surface area contributed by atoms with Gasteiger partial charge in [0.25, 0.3) is 0 Å². The number of carbonyl (C=O) groups is 3. The number of nitrogens with zero attached hydrogens (tertiary/aromatic N) is 3. The van der Waals surface area contributed by atoms with Crippen LogP contribution in [0.3, 0.4) is 0 Å². The van der Waals surface area contributed by atoms with Gasteiger partial charge >= 0.3 is 0 Å². The van der Waals surface area contributed by atoms with Crippen LogP contribution in [0.1, 0.15) is 11.4 Å². The molecule has 0 saturated heterocycles. The highest BCUT2D eigenvalue weighted by atomic mass is 16.2. The second-order valence-electron chi connectivity index (χ2n) is 4.42. The molecule has 0 radical (unpaired) electrons. The van der Waals surface area contributed by atoms with E-state index in [1.54, 1.807) is 13.8 Å². The molecule has 0 atom stereocenters. The van der Waals surface area contributed by atoms with Crippen molar-refractivity contribution in [2.45, 2.75) is 20.4 Å². The lowest BCUT2D eigenvalue weighted by Crippen LogP contribution is -2.44. The van der Waals surface area contributed by atoms with E-state index in [1.807, 2.05) is 0 Å². The average molecular weight is 282 g/mol. The van der Waals surface area contributed by atoms with Gasteiger partial charge in [-0.3, -0.25) is 19.1 Å². The summed E-state index contributed by atoms with van der Waals surface area (Å²) in [6.07, 6.45) is 0. The minimum atomic E-state index is -0.729. The Morgan fingerprint density at radius 1 is 1.15 bits per heavy atom. The minimum absolute atomic E-state index is 0.148. The fraction of sp³-hybridized carbons (Fsp3) is 0.455. The Morgan fingerprint density at radius 2 is 1.65 bits per heavy atom. The van der Waals surface area contributed by atoms with E-state index in [-0.39, 0.29) is 19.6 Å². The number of hydrogen-bond acceptors (Lipinski definition) is 5. The zero-order valence-corrected chi connectivity index (χ0v) is 11.4. The van der Waals surface area contributed by atoms with Gasteiger partial charge in [0.2, 0.25) is 17.7 Å². The molecule has 1 heterocycles. The Balaban J connectivity index is 2.87. The molecule has 20 heavy (non-hydrogen) atoms. The molecule has 0 aliphatic rings. The fourth-order valence-corrected chi connectivity index (χ4v) is 1.70. The molecule has 0 unspecified atom stereocenters. The van der Waals surface area contributed by atoms with Crippen molar-refractivity contribution >= 4 is 23.4 Å². The summed E-state index contributed by atoms with van der Waals surface area (Å²) >= 11 is 0. The summed E-state index contributed by atoms with van der Waals surface area (Å²) in [4.78, 5) is 34.9. The van der Waals surface area contributed by atoms with Gasteiger partial charge in [-0.2, -0.15) is 5.10 Å². The topological polar surface area (TPSA) is 150 Å². The van der Waals surface area contributed by atoms with Crippen molar-refractivity contribution in [1.29, 1.82) is 0 Å². The quantitative estimate of drug-likeness (QED) is 0.545. The van der Waals surface area contributed by atoms with E-state index >= 15 is 0 Å². The Hall–Kier alpha value is -2.58. The number of nitrogens with two attached hydrogens (primary N) is 3. The molecular formula is C11H18N6O3. The molecule has 0 saturated carbocycles. The smallest absolute Gasteiger partial charge is 0.245 e. The first kappa shape index (κ1) is 15.5. The summed E-state index contributed by atoms with van der Waals surface area (Å²) in [5.41, 5.74) is 17.6. The lowest BCUT2D eigenvalue weighted by Gasteiger charge is -2.19. The number of amides is 3. The summed E-state index contributed by atoms with van der Waals surface area (Å²) in [7, 11) is 0. The van der Waals surface area contributed by atoms with Crippen LogP contribution in [0.4, 0.5) is 5.69 Å². The molecule has 9 nitrogen and oxygen atoms in total. The molecule has 0 aliphatic heterocycles. The summed E-state index contributed by atoms with van der Waals surface area (Å²) in [6, 6.07) is 0. The van der Waals surface area contributed by atoms with Crippen LogP contribution in [0, 0.1) is 13.8 Å². The molecular weight excluding hydrogens is 264 g/mol. The van der Waals surface area contributed by atoms with Crippen molar-refractivity contribution in [3.05, 3.63) is 11.4 Å². The zero-order valence-electron chi connectivity index (χ0n) is 11.4. The van der Waals surface area contributed by atoms with E-state index in [4.69, 9.17) is 17.2 Å². The maximum atomic E-state index is 12.1. The number of hydrogen-bond donors (Lipinski definition) is 3. The molecule has 0 aliphatic carbocycles. The summed E-state index contributed by atoms with van der Waals surface area (Å²) in [5, 5.41) is 4.10. The van der Waals surface area contributed by atoms with Crippen LogP contribution < -0.4 is 17.2 Å². The Labute approximate surface area is 115 Å². The molecule has 9 heteroatoms. The molecule has 0 fully saturated rings. The Kier molecular flexibility index (Phi) is 4.68. The van der Waals surface area contributed by atoms with Gasteiger partial charge in [0.1, 0.15) is 6.54 Å². The largest absolute Gasteiger partial charge is 0.396 e. The van der Waals surface area contributed by atoms with Gasteiger partial charge in [0.05, 0.1) is 30.2 Å². The molecule has 0 aromatic carbocycles. The number of anilines is 1. The number of aryl methyl sites for hydroxylation is 1. The van der Waals surface area contributed by atoms with Gasteiger partial charge in [-0.15, -0.1) is 0 Å². The third-order valence-corrected chi connectivity index (χ3v) is 2.77. The SMILES string of the molecule is Cc1nn(CC(=O)N(CC(N)=O)CC(N)=O)c(C)c1N. The summed E-state index contributed by atoms with van der Waals surface area (Å²) in [5.74, 6) is -1.95. The monoisotopic (exact) mass is 282 g/mol. The van der Waals surface area contributed by atoms with E-state index in [0.29, 0.717) is 17.1 Å². The second kappa shape index (κ2) is 6.04. The van der Waals surface area contributed by atoms with Crippen LogP contribution in [-0.2, 0) is 20.9 Å². The van der Waals surface area contributed by atoms with Gasteiger partial charge in [0, 0.05) is 0 Å². The minimum Gasteiger partial charge on any atom is -0.396 e. The van der Waals surface area contributed by atoms with E-state index < -0.39 is 17.7 Å². The maximum Gasteiger partial charge on any atom is 0.245 e. The molecule has 0 spiro atoms. The van der Waals surface area contributed by atoms with Gasteiger partial charge in [0.15, 0.2) is 0 Å². The molecule has 3 amide bonds. The van der Waals surface area contributed by atoms with Gasteiger partial charge in [-0.1, -0.05) is 0 Å². The first-order valence-corrected chi connectivity index (χ1v) is 5.86. The lowest BCUT2D eigenvalue weighted by atomic mass is 10.3. The maximum absolute atomic E-state index is 12.1. The number of aromatic nitrogens is 2. The number of carbonyl (C=O) groups excluding carboxylic acids is 3. The van der Waals surface area contributed by atoms with Crippen LogP contribution in [0.2, 0.25) is 0 Å². The third kappa shape index (κ3) is 3.70. The van der Waals surface area contributed by atoms with Crippen LogP contribution in [0.5, 0.6) is 0 Å². The van der Waals surface area contributed by atoms with Crippen molar-refractivity contribution in [3.8, 4) is 0 Å². The van der Waals surface area contributed by atoms with Crippen molar-refractivity contribution in [2.75, 3.05) is 18.8 Å². The fourth-order valence-electron chi connectivity index (χ4n) is 1.70. The predicted octanol–water partition coefficient (Wildman–Crippen LogP) is -2.12. The van der Waals surface area contributed by atoms with Crippen molar-refractivity contribution in [2.24, 2.45) is 11.5 Å². The first-order chi connectivity index (χ1) is 9.22. The van der Waals surface area contributed by atoms with Crippen LogP contribution in [-0.4, -0.2) is 45.5 Å². The first-order valence-electron chi connectivity index (χ1n) is 5.86. The van der Waals surface area contributed by atoms with E-state index in [1.165, 1.54) is 4.68 Å². The number of rotatable bonds is 6. The highest BCUT2D eigenvalue weighted by Gasteiger charge is 2.20. The van der Waals surface area contributed by atoms with E-state index in [9.17, 15) is 14.4 Å². The van der Waals surface area contributed by atoms with Crippen LogP contribution in [0.15, 0.2) is 0 Å². The van der Waals surface area contributed by atoms with Crippen molar-refractivity contribution in [3.63, 3.8) is 0 Å². The summed E-state index contributed by atoms with van der Waals surface area (Å²) < 4.78 is 1.40. The Morgan fingerprint density at radius 3 is 2.00 bits per heavy atom. The van der Waals surface area contributed by atoms with Gasteiger partial charge < -0.3 is 22.1 Å².